The van der Waals surface area contributed by atoms with E-state index in [1.54, 1.807) is 20.8 Å². The maximum absolute atomic E-state index is 12.1. The van der Waals surface area contributed by atoms with Gasteiger partial charge in [-0.1, -0.05) is 0 Å². The summed E-state index contributed by atoms with van der Waals surface area (Å²) in [7, 11) is -3.22. The molecule has 4 nitrogen and oxygen atoms in total. The standard InChI is InChI=1S/C10H21NO3S/c1-10(2,3)15(13,14)11-6-4-5-9(7-11)8-12/h9,12H,4-8H2,1-3H3. The zero-order valence-electron chi connectivity index (χ0n) is 9.73. The smallest absolute Gasteiger partial charge is 0.219 e. The molecule has 1 rings (SSSR count). The van der Waals surface area contributed by atoms with Crippen molar-refractivity contribution < 1.29 is 13.5 Å². The lowest BCUT2D eigenvalue weighted by atomic mass is 10.0. The molecule has 0 aromatic carbocycles. The highest BCUT2D eigenvalue weighted by Crippen LogP contribution is 2.25. The fraction of sp³-hybridized carbons (Fsp3) is 1.00. The molecule has 5 heteroatoms. The highest BCUT2D eigenvalue weighted by molar-refractivity contribution is 7.90. The first-order valence-electron chi connectivity index (χ1n) is 5.39. The summed E-state index contributed by atoms with van der Waals surface area (Å²) in [6.45, 7) is 6.28. The van der Waals surface area contributed by atoms with E-state index >= 15 is 0 Å². The third-order valence-corrected chi connectivity index (χ3v) is 5.41. The van der Waals surface area contributed by atoms with Crippen molar-refractivity contribution in [2.24, 2.45) is 5.92 Å². The van der Waals surface area contributed by atoms with Crippen molar-refractivity contribution in [2.75, 3.05) is 19.7 Å². The van der Waals surface area contributed by atoms with Crippen LogP contribution in [-0.4, -0.2) is 42.3 Å². The number of sulfonamides is 1. The first kappa shape index (κ1) is 12.9. The Hall–Kier alpha value is -0.130. The predicted molar refractivity (Wildman–Crippen MR) is 60.1 cm³/mol. The van der Waals surface area contributed by atoms with Crippen LogP contribution in [0, 0.1) is 5.92 Å². The molecule has 0 radical (unpaired) electrons. The van der Waals surface area contributed by atoms with Crippen molar-refractivity contribution in [1.82, 2.24) is 4.31 Å². The summed E-state index contributed by atoms with van der Waals surface area (Å²) in [5, 5.41) is 9.06. The Morgan fingerprint density at radius 3 is 2.47 bits per heavy atom. The first-order valence-corrected chi connectivity index (χ1v) is 6.83. The van der Waals surface area contributed by atoms with Crippen LogP contribution < -0.4 is 0 Å². The fourth-order valence-electron chi connectivity index (χ4n) is 1.78. The van der Waals surface area contributed by atoms with Crippen molar-refractivity contribution in [3.05, 3.63) is 0 Å². The maximum Gasteiger partial charge on any atom is 0.219 e. The van der Waals surface area contributed by atoms with Gasteiger partial charge in [0.25, 0.3) is 0 Å². The van der Waals surface area contributed by atoms with Crippen LogP contribution >= 0.6 is 0 Å². The number of aliphatic hydroxyl groups excluding tert-OH is 1. The molecular formula is C10H21NO3S. The number of piperidine rings is 1. The van der Waals surface area contributed by atoms with E-state index in [1.165, 1.54) is 4.31 Å². The Bertz CT molecular complexity index is 305. The summed E-state index contributed by atoms with van der Waals surface area (Å²) >= 11 is 0. The lowest BCUT2D eigenvalue weighted by Gasteiger charge is -2.35. The van der Waals surface area contributed by atoms with Gasteiger partial charge in [-0.2, -0.15) is 0 Å². The summed E-state index contributed by atoms with van der Waals surface area (Å²) in [4.78, 5) is 0. The average Bonchev–Trinajstić information content (AvgIpc) is 2.16. The highest BCUT2D eigenvalue weighted by atomic mass is 32.2. The third kappa shape index (κ3) is 2.71. The van der Waals surface area contributed by atoms with Crippen LogP contribution in [0.1, 0.15) is 33.6 Å². The zero-order valence-corrected chi connectivity index (χ0v) is 10.5. The minimum atomic E-state index is -3.22. The van der Waals surface area contributed by atoms with E-state index in [-0.39, 0.29) is 12.5 Å². The van der Waals surface area contributed by atoms with Gasteiger partial charge in [0.1, 0.15) is 0 Å². The molecule has 90 valence electrons. The summed E-state index contributed by atoms with van der Waals surface area (Å²) in [6, 6.07) is 0. The minimum Gasteiger partial charge on any atom is -0.396 e. The molecule has 0 aromatic rings. The van der Waals surface area contributed by atoms with E-state index in [4.69, 9.17) is 5.11 Å². The van der Waals surface area contributed by atoms with Gasteiger partial charge in [0.15, 0.2) is 0 Å². The molecule has 0 amide bonds. The SMILES string of the molecule is CC(C)(C)S(=O)(=O)N1CCCC(CO)C1. The Morgan fingerprint density at radius 2 is 2.00 bits per heavy atom. The molecule has 0 aliphatic carbocycles. The van der Waals surface area contributed by atoms with Crippen LogP contribution in [0.5, 0.6) is 0 Å². The Morgan fingerprint density at radius 1 is 1.40 bits per heavy atom. The molecule has 1 atom stereocenters. The summed E-state index contributed by atoms with van der Waals surface area (Å²) in [5.41, 5.74) is 0. The molecule has 1 unspecified atom stereocenters. The number of hydrogen-bond acceptors (Lipinski definition) is 3. The van der Waals surface area contributed by atoms with Crippen molar-refractivity contribution >= 4 is 10.0 Å². The molecule has 1 N–H and O–H groups in total. The topological polar surface area (TPSA) is 57.6 Å². The van der Waals surface area contributed by atoms with Gasteiger partial charge in [-0.15, -0.1) is 0 Å². The van der Waals surface area contributed by atoms with Crippen LogP contribution in [0.15, 0.2) is 0 Å². The Balaban J connectivity index is 2.80. The number of hydrogen-bond donors (Lipinski definition) is 1. The zero-order chi connectivity index (χ0) is 11.7. The Labute approximate surface area is 92.3 Å². The van der Waals surface area contributed by atoms with E-state index in [0.717, 1.165) is 12.8 Å². The van der Waals surface area contributed by atoms with Gasteiger partial charge in [0, 0.05) is 19.7 Å². The number of aliphatic hydroxyl groups is 1. The summed E-state index contributed by atoms with van der Waals surface area (Å²) in [5.74, 6) is 0.107. The van der Waals surface area contributed by atoms with Gasteiger partial charge in [-0.05, 0) is 39.5 Å². The van der Waals surface area contributed by atoms with Crippen molar-refractivity contribution in [1.29, 1.82) is 0 Å². The Kier molecular flexibility index (Phi) is 3.79. The number of nitrogens with zero attached hydrogens (tertiary/aromatic N) is 1. The van der Waals surface area contributed by atoms with Crippen LogP contribution in [0.2, 0.25) is 0 Å². The van der Waals surface area contributed by atoms with E-state index < -0.39 is 14.8 Å². The molecule has 0 spiro atoms. The van der Waals surface area contributed by atoms with Gasteiger partial charge in [-0.25, -0.2) is 12.7 Å². The molecular weight excluding hydrogens is 214 g/mol. The molecule has 1 aliphatic rings. The van der Waals surface area contributed by atoms with Gasteiger partial charge >= 0.3 is 0 Å². The quantitative estimate of drug-likeness (QED) is 0.771. The van der Waals surface area contributed by atoms with Gasteiger partial charge in [0.2, 0.25) is 10.0 Å². The normalized spacial score (nSPS) is 25.5. The molecule has 1 heterocycles. The molecule has 1 fully saturated rings. The molecule has 0 aromatic heterocycles. The van der Waals surface area contributed by atoms with Crippen molar-refractivity contribution in [2.45, 2.75) is 38.4 Å². The minimum absolute atomic E-state index is 0.0795. The third-order valence-electron chi connectivity index (χ3n) is 2.85. The van der Waals surface area contributed by atoms with E-state index in [1.807, 2.05) is 0 Å². The molecule has 15 heavy (non-hydrogen) atoms. The monoisotopic (exact) mass is 235 g/mol. The molecule has 1 aliphatic heterocycles. The lowest BCUT2D eigenvalue weighted by molar-refractivity contribution is 0.164. The van der Waals surface area contributed by atoms with E-state index in [9.17, 15) is 8.42 Å². The maximum atomic E-state index is 12.1. The second-order valence-electron chi connectivity index (χ2n) is 5.17. The van der Waals surface area contributed by atoms with E-state index in [0.29, 0.717) is 13.1 Å². The highest BCUT2D eigenvalue weighted by Gasteiger charge is 2.37. The van der Waals surface area contributed by atoms with Gasteiger partial charge in [0.05, 0.1) is 4.75 Å². The first-order chi connectivity index (χ1) is 6.79. The second kappa shape index (κ2) is 4.39. The van der Waals surface area contributed by atoms with Crippen LogP contribution in [0.3, 0.4) is 0 Å². The van der Waals surface area contributed by atoms with Crippen LogP contribution in [-0.2, 0) is 10.0 Å². The lowest BCUT2D eigenvalue weighted by Crippen LogP contribution is -2.48. The average molecular weight is 235 g/mol. The summed E-state index contributed by atoms with van der Waals surface area (Å²) < 4.78 is 25.0. The van der Waals surface area contributed by atoms with Gasteiger partial charge in [-0.3, -0.25) is 0 Å². The van der Waals surface area contributed by atoms with Crippen molar-refractivity contribution in [3.63, 3.8) is 0 Å². The second-order valence-corrected chi connectivity index (χ2v) is 7.86. The molecule has 0 saturated carbocycles. The predicted octanol–water partition coefficient (Wildman–Crippen LogP) is 0.819. The van der Waals surface area contributed by atoms with Crippen molar-refractivity contribution in [3.8, 4) is 0 Å². The van der Waals surface area contributed by atoms with Crippen LogP contribution in [0.25, 0.3) is 0 Å². The largest absolute Gasteiger partial charge is 0.396 e. The molecule has 1 saturated heterocycles. The van der Waals surface area contributed by atoms with Gasteiger partial charge < -0.3 is 5.11 Å². The van der Waals surface area contributed by atoms with E-state index in [2.05, 4.69) is 0 Å². The number of rotatable bonds is 2. The van der Waals surface area contributed by atoms with Crippen LogP contribution in [0.4, 0.5) is 0 Å². The fourth-order valence-corrected chi connectivity index (χ4v) is 3.33. The summed E-state index contributed by atoms with van der Waals surface area (Å²) in [6.07, 6.45) is 1.77. The molecule has 0 bridgehead atoms.